The molecule has 4 rings (SSSR count). The van der Waals surface area contributed by atoms with Crippen LogP contribution in [0.3, 0.4) is 0 Å². The number of nitrogens with zero attached hydrogens (tertiary/aromatic N) is 6. The summed E-state index contributed by atoms with van der Waals surface area (Å²) in [6, 6.07) is 1.99. The van der Waals surface area contributed by atoms with Gasteiger partial charge in [0.15, 0.2) is 5.65 Å². The summed E-state index contributed by atoms with van der Waals surface area (Å²) in [7, 11) is 0. The molecule has 1 amide bonds. The molecule has 3 aromatic rings. The molecule has 1 atom stereocenters. The number of hydrogen-bond acceptors (Lipinski definition) is 4. The minimum atomic E-state index is 0.0881. The van der Waals surface area contributed by atoms with E-state index < -0.39 is 0 Å². The van der Waals surface area contributed by atoms with E-state index in [0.29, 0.717) is 12.8 Å². The minimum Gasteiger partial charge on any atom is -0.333 e. The maximum absolute atomic E-state index is 13.2. The standard InChI is InChI=1S/C21H28N6O/c1-4-25-14-12-22-21(25)18-7-5-6-13-26(18)20(28)9-8-17-15(2)24-19-10-11-23-27(19)16(17)3/h10-12,14,18H,4-9,13H2,1-3H3. The minimum absolute atomic E-state index is 0.0881. The Bertz CT molecular complexity index is 988. The summed E-state index contributed by atoms with van der Waals surface area (Å²) in [6.07, 6.45) is 9.97. The lowest BCUT2D eigenvalue weighted by molar-refractivity contribution is -0.135. The largest absolute Gasteiger partial charge is 0.333 e. The number of fused-ring (bicyclic) bond motifs is 1. The average molecular weight is 380 g/mol. The van der Waals surface area contributed by atoms with Crippen molar-refractivity contribution in [2.24, 2.45) is 0 Å². The van der Waals surface area contributed by atoms with Gasteiger partial charge >= 0.3 is 0 Å². The number of aryl methyl sites for hydroxylation is 3. The molecule has 148 valence electrons. The number of piperidine rings is 1. The Morgan fingerprint density at radius 1 is 1.25 bits per heavy atom. The Morgan fingerprint density at radius 2 is 2.11 bits per heavy atom. The van der Waals surface area contributed by atoms with Gasteiger partial charge in [0.05, 0.1) is 12.2 Å². The lowest BCUT2D eigenvalue weighted by Gasteiger charge is -2.35. The highest BCUT2D eigenvalue weighted by molar-refractivity contribution is 5.77. The molecule has 28 heavy (non-hydrogen) atoms. The third-order valence-corrected chi connectivity index (χ3v) is 5.89. The van der Waals surface area contributed by atoms with Crippen LogP contribution in [0.15, 0.2) is 24.7 Å². The molecular formula is C21H28N6O. The summed E-state index contributed by atoms with van der Waals surface area (Å²) in [4.78, 5) is 24.4. The summed E-state index contributed by atoms with van der Waals surface area (Å²) in [6.45, 7) is 7.87. The molecule has 1 saturated heterocycles. The number of aromatic nitrogens is 5. The van der Waals surface area contributed by atoms with Crippen molar-refractivity contribution in [1.29, 1.82) is 0 Å². The van der Waals surface area contributed by atoms with Gasteiger partial charge in [0.25, 0.3) is 0 Å². The van der Waals surface area contributed by atoms with Gasteiger partial charge in [-0.15, -0.1) is 0 Å². The Hall–Kier alpha value is -2.70. The molecule has 4 heterocycles. The first-order chi connectivity index (χ1) is 13.6. The van der Waals surface area contributed by atoms with E-state index in [2.05, 4.69) is 33.5 Å². The van der Waals surface area contributed by atoms with Gasteiger partial charge in [-0.05, 0) is 52.0 Å². The van der Waals surface area contributed by atoms with Gasteiger partial charge in [-0.3, -0.25) is 4.79 Å². The smallest absolute Gasteiger partial charge is 0.223 e. The van der Waals surface area contributed by atoms with Gasteiger partial charge in [-0.2, -0.15) is 5.10 Å². The zero-order chi connectivity index (χ0) is 19.7. The van der Waals surface area contributed by atoms with Crippen LogP contribution >= 0.6 is 0 Å². The molecule has 1 fully saturated rings. The van der Waals surface area contributed by atoms with Crippen LogP contribution < -0.4 is 0 Å². The van der Waals surface area contributed by atoms with E-state index >= 15 is 0 Å². The van der Waals surface area contributed by atoms with Crippen LogP contribution in [0, 0.1) is 13.8 Å². The zero-order valence-corrected chi connectivity index (χ0v) is 16.9. The van der Waals surface area contributed by atoms with Gasteiger partial charge in [0, 0.05) is 49.4 Å². The molecule has 1 aliphatic heterocycles. The summed E-state index contributed by atoms with van der Waals surface area (Å²) in [5.74, 6) is 1.22. The van der Waals surface area contributed by atoms with Crippen molar-refractivity contribution in [2.75, 3.05) is 6.54 Å². The number of hydrogen-bond donors (Lipinski definition) is 0. The number of rotatable bonds is 5. The monoisotopic (exact) mass is 380 g/mol. The molecule has 0 aromatic carbocycles. The summed E-state index contributed by atoms with van der Waals surface area (Å²) in [5, 5.41) is 4.35. The van der Waals surface area contributed by atoms with E-state index in [1.54, 1.807) is 6.20 Å². The van der Waals surface area contributed by atoms with Crippen molar-refractivity contribution in [3.63, 3.8) is 0 Å². The normalized spacial score (nSPS) is 17.4. The third-order valence-electron chi connectivity index (χ3n) is 5.89. The number of imidazole rings is 1. The van der Waals surface area contributed by atoms with Gasteiger partial charge < -0.3 is 9.47 Å². The summed E-state index contributed by atoms with van der Waals surface area (Å²) >= 11 is 0. The van der Waals surface area contributed by atoms with E-state index in [-0.39, 0.29) is 11.9 Å². The molecule has 0 spiro atoms. The quantitative estimate of drug-likeness (QED) is 0.681. The second-order valence-corrected chi connectivity index (χ2v) is 7.53. The van der Waals surface area contributed by atoms with Crippen molar-refractivity contribution in [2.45, 2.75) is 65.5 Å². The summed E-state index contributed by atoms with van der Waals surface area (Å²) in [5.41, 5.74) is 4.02. The van der Waals surface area contributed by atoms with Crippen LogP contribution in [-0.4, -0.2) is 41.5 Å². The fourth-order valence-electron chi connectivity index (χ4n) is 4.39. The fourth-order valence-corrected chi connectivity index (χ4v) is 4.39. The predicted molar refractivity (Wildman–Crippen MR) is 107 cm³/mol. The van der Waals surface area contributed by atoms with Crippen molar-refractivity contribution in [3.8, 4) is 0 Å². The van der Waals surface area contributed by atoms with Crippen LogP contribution in [0.4, 0.5) is 0 Å². The zero-order valence-electron chi connectivity index (χ0n) is 16.9. The molecule has 1 unspecified atom stereocenters. The van der Waals surface area contributed by atoms with Crippen molar-refractivity contribution >= 4 is 11.6 Å². The van der Waals surface area contributed by atoms with Crippen molar-refractivity contribution in [1.82, 2.24) is 29.0 Å². The molecule has 0 saturated carbocycles. The van der Waals surface area contributed by atoms with Crippen LogP contribution in [0.2, 0.25) is 0 Å². The molecule has 7 heteroatoms. The predicted octanol–water partition coefficient (Wildman–Crippen LogP) is 3.25. The molecular weight excluding hydrogens is 352 g/mol. The van der Waals surface area contributed by atoms with E-state index in [1.807, 2.05) is 34.8 Å². The lowest BCUT2D eigenvalue weighted by Crippen LogP contribution is -2.39. The van der Waals surface area contributed by atoms with Crippen LogP contribution in [0.1, 0.15) is 61.4 Å². The Balaban J connectivity index is 1.53. The highest BCUT2D eigenvalue weighted by atomic mass is 16.2. The first kappa shape index (κ1) is 18.7. The summed E-state index contributed by atoms with van der Waals surface area (Å²) < 4.78 is 4.01. The number of carbonyl (C=O) groups excluding carboxylic acids is 1. The van der Waals surface area contributed by atoms with Crippen LogP contribution in [0.5, 0.6) is 0 Å². The average Bonchev–Trinajstić information content (AvgIpc) is 3.36. The molecule has 7 nitrogen and oxygen atoms in total. The molecule has 0 bridgehead atoms. The van der Waals surface area contributed by atoms with Crippen molar-refractivity contribution < 1.29 is 4.79 Å². The fraction of sp³-hybridized carbons (Fsp3) is 0.524. The molecule has 0 N–H and O–H groups in total. The van der Waals surface area contributed by atoms with E-state index in [9.17, 15) is 4.79 Å². The van der Waals surface area contributed by atoms with Gasteiger partial charge in [-0.25, -0.2) is 14.5 Å². The van der Waals surface area contributed by atoms with Gasteiger partial charge in [0.2, 0.25) is 5.91 Å². The third kappa shape index (κ3) is 3.30. The van der Waals surface area contributed by atoms with E-state index in [1.165, 1.54) is 0 Å². The van der Waals surface area contributed by atoms with Gasteiger partial charge in [0.1, 0.15) is 5.82 Å². The van der Waals surface area contributed by atoms with E-state index in [0.717, 1.165) is 60.8 Å². The molecule has 3 aromatic heterocycles. The Labute approximate surface area is 165 Å². The number of carbonyl (C=O) groups is 1. The van der Waals surface area contributed by atoms with E-state index in [4.69, 9.17) is 0 Å². The number of likely N-dealkylation sites (tertiary alicyclic amines) is 1. The topological polar surface area (TPSA) is 68.3 Å². The van der Waals surface area contributed by atoms with Crippen LogP contribution in [0.25, 0.3) is 5.65 Å². The second kappa shape index (κ2) is 7.73. The van der Waals surface area contributed by atoms with Crippen LogP contribution in [-0.2, 0) is 17.8 Å². The highest BCUT2D eigenvalue weighted by Crippen LogP contribution is 2.31. The Kier molecular flexibility index (Phi) is 5.15. The maximum Gasteiger partial charge on any atom is 0.223 e. The molecule has 0 aliphatic carbocycles. The number of amides is 1. The molecule has 0 radical (unpaired) electrons. The van der Waals surface area contributed by atoms with Gasteiger partial charge in [-0.1, -0.05) is 0 Å². The van der Waals surface area contributed by atoms with Crippen molar-refractivity contribution in [3.05, 3.63) is 47.4 Å². The SMILES string of the molecule is CCn1ccnc1C1CCCCN1C(=O)CCc1c(C)nc2ccnn2c1C. The lowest BCUT2D eigenvalue weighted by atomic mass is 9.99. The second-order valence-electron chi connectivity index (χ2n) is 7.53. The first-order valence-corrected chi connectivity index (χ1v) is 10.2. The first-order valence-electron chi connectivity index (χ1n) is 10.2. The maximum atomic E-state index is 13.2. The highest BCUT2D eigenvalue weighted by Gasteiger charge is 2.30. The Morgan fingerprint density at radius 3 is 2.93 bits per heavy atom. The molecule has 1 aliphatic rings.